The Hall–Kier alpha value is -1.76. The summed E-state index contributed by atoms with van der Waals surface area (Å²) in [6.45, 7) is 3.40. The zero-order valence-electron chi connectivity index (χ0n) is 12.0. The molecule has 0 aliphatic carbocycles. The van der Waals surface area contributed by atoms with Crippen LogP contribution in [0.5, 0.6) is 0 Å². The monoisotopic (exact) mass is 306 g/mol. The van der Waals surface area contributed by atoms with Crippen LogP contribution < -0.4 is 11.2 Å². The van der Waals surface area contributed by atoms with Crippen LogP contribution in [0, 0.1) is 6.92 Å². The molecule has 1 aliphatic rings. The van der Waals surface area contributed by atoms with E-state index in [-0.39, 0.29) is 11.2 Å². The summed E-state index contributed by atoms with van der Waals surface area (Å²) in [7, 11) is 0. The average molecular weight is 306 g/mol. The Morgan fingerprint density at radius 1 is 1.38 bits per heavy atom. The first-order chi connectivity index (χ1) is 10.1. The van der Waals surface area contributed by atoms with E-state index >= 15 is 0 Å². The molecule has 0 unspecified atom stereocenters. The number of nitrogens with zero attached hydrogens (tertiary/aromatic N) is 3. The molecule has 3 heterocycles. The predicted octanol–water partition coefficient (Wildman–Crippen LogP) is 0.921. The SMILES string of the molecule is Cc1cn(CCCn2c3c(c(=O)[nH]c2=O)CSCC3)cn1. The summed E-state index contributed by atoms with van der Waals surface area (Å²) >= 11 is 1.74. The van der Waals surface area contributed by atoms with Crippen molar-refractivity contribution in [3.63, 3.8) is 0 Å². The fourth-order valence-corrected chi connectivity index (χ4v) is 3.66. The normalized spacial score (nSPS) is 14.1. The molecule has 7 heteroatoms. The lowest BCUT2D eigenvalue weighted by molar-refractivity contribution is 0.526. The number of hydrogen-bond donors (Lipinski definition) is 1. The van der Waals surface area contributed by atoms with Gasteiger partial charge in [0.2, 0.25) is 0 Å². The van der Waals surface area contributed by atoms with Crippen molar-refractivity contribution >= 4 is 11.8 Å². The first-order valence-corrected chi connectivity index (χ1v) is 8.21. The lowest BCUT2D eigenvalue weighted by atomic mass is 10.2. The van der Waals surface area contributed by atoms with Crippen LogP contribution >= 0.6 is 11.8 Å². The highest BCUT2D eigenvalue weighted by Gasteiger charge is 2.18. The van der Waals surface area contributed by atoms with Crippen LogP contribution in [0.2, 0.25) is 0 Å². The van der Waals surface area contributed by atoms with E-state index in [1.165, 1.54) is 0 Å². The third kappa shape index (κ3) is 2.97. The number of H-pyrrole nitrogens is 1. The van der Waals surface area contributed by atoms with Crippen molar-refractivity contribution < 1.29 is 0 Å². The molecule has 0 radical (unpaired) electrons. The minimum absolute atomic E-state index is 0.219. The standard InChI is InChI=1S/C14H18N4O2S/c1-10-7-17(9-15-10)4-2-5-18-12-3-6-21-8-11(12)13(19)16-14(18)20/h7,9H,2-6,8H2,1H3,(H,16,19,20). The average Bonchev–Trinajstić information content (AvgIpc) is 2.88. The smallest absolute Gasteiger partial charge is 0.328 e. The summed E-state index contributed by atoms with van der Waals surface area (Å²) < 4.78 is 3.76. The van der Waals surface area contributed by atoms with Gasteiger partial charge in [-0.25, -0.2) is 9.78 Å². The maximum absolute atomic E-state index is 12.0. The molecule has 1 aliphatic heterocycles. The Kier molecular flexibility index (Phi) is 4.01. The molecule has 0 amide bonds. The predicted molar refractivity (Wildman–Crippen MR) is 82.8 cm³/mol. The molecule has 3 rings (SSSR count). The highest BCUT2D eigenvalue weighted by Crippen LogP contribution is 2.20. The minimum Gasteiger partial charge on any atom is -0.337 e. The Balaban J connectivity index is 1.79. The van der Waals surface area contributed by atoms with Gasteiger partial charge in [0, 0.05) is 36.3 Å². The first-order valence-electron chi connectivity index (χ1n) is 7.06. The number of rotatable bonds is 4. The third-order valence-electron chi connectivity index (χ3n) is 3.70. The van der Waals surface area contributed by atoms with E-state index in [4.69, 9.17) is 0 Å². The number of imidazole rings is 1. The topological polar surface area (TPSA) is 72.7 Å². The number of aryl methyl sites for hydroxylation is 2. The molecule has 2 aromatic heterocycles. The summed E-state index contributed by atoms with van der Waals surface area (Å²) in [6, 6.07) is 0. The largest absolute Gasteiger partial charge is 0.337 e. The first kappa shape index (κ1) is 14.2. The van der Waals surface area contributed by atoms with E-state index in [0.29, 0.717) is 12.3 Å². The van der Waals surface area contributed by atoms with Crippen LogP contribution in [0.1, 0.15) is 23.4 Å². The maximum Gasteiger partial charge on any atom is 0.328 e. The second-order valence-electron chi connectivity index (χ2n) is 5.25. The molecular weight excluding hydrogens is 288 g/mol. The van der Waals surface area contributed by atoms with Crippen molar-refractivity contribution in [1.29, 1.82) is 0 Å². The number of hydrogen-bond acceptors (Lipinski definition) is 4. The fourth-order valence-electron chi connectivity index (χ4n) is 2.68. The van der Waals surface area contributed by atoms with Gasteiger partial charge < -0.3 is 4.57 Å². The Labute approximate surface area is 126 Å². The molecule has 1 N–H and O–H groups in total. The summed E-state index contributed by atoms with van der Waals surface area (Å²) in [5.74, 6) is 1.67. The quantitative estimate of drug-likeness (QED) is 0.912. The van der Waals surface area contributed by atoms with Crippen molar-refractivity contribution in [2.75, 3.05) is 5.75 Å². The van der Waals surface area contributed by atoms with Crippen molar-refractivity contribution in [3.8, 4) is 0 Å². The lowest BCUT2D eigenvalue weighted by Crippen LogP contribution is -2.37. The van der Waals surface area contributed by atoms with Gasteiger partial charge in [-0.05, 0) is 25.5 Å². The van der Waals surface area contributed by atoms with Crippen LogP contribution in [-0.4, -0.2) is 24.9 Å². The molecular formula is C14H18N4O2S. The zero-order valence-corrected chi connectivity index (χ0v) is 12.8. The highest BCUT2D eigenvalue weighted by molar-refractivity contribution is 7.98. The van der Waals surface area contributed by atoms with Crippen LogP contribution in [0.15, 0.2) is 22.1 Å². The van der Waals surface area contributed by atoms with Crippen LogP contribution in [0.25, 0.3) is 0 Å². The van der Waals surface area contributed by atoms with E-state index in [2.05, 4.69) is 9.97 Å². The van der Waals surface area contributed by atoms with Gasteiger partial charge in [0.05, 0.1) is 12.0 Å². The highest BCUT2D eigenvalue weighted by atomic mass is 32.2. The maximum atomic E-state index is 12.0. The number of aromatic amines is 1. The molecule has 2 aromatic rings. The molecule has 0 fully saturated rings. The molecule has 0 spiro atoms. The zero-order chi connectivity index (χ0) is 14.8. The van der Waals surface area contributed by atoms with Gasteiger partial charge in [-0.3, -0.25) is 14.3 Å². The van der Waals surface area contributed by atoms with Gasteiger partial charge in [0.1, 0.15) is 0 Å². The molecule has 112 valence electrons. The van der Waals surface area contributed by atoms with Crippen molar-refractivity contribution in [1.82, 2.24) is 19.1 Å². The molecule has 0 bridgehead atoms. The second kappa shape index (κ2) is 5.93. The number of thioether (sulfide) groups is 1. The summed E-state index contributed by atoms with van der Waals surface area (Å²) in [6.07, 6.45) is 5.42. The van der Waals surface area contributed by atoms with Crippen molar-refractivity contribution in [3.05, 3.63) is 50.3 Å². The van der Waals surface area contributed by atoms with E-state index in [9.17, 15) is 9.59 Å². The van der Waals surface area contributed by atoms with Crippen molar-refractivity contribution in [2.45, 2.75) is 38.6 Å². The minimum atomic E-state index is -0.285. The van der Waals surface area contributed by atoms with Crippen LogP contribution in [-0.2, 0) is 25.3 Å². The van der Waals surface area contributed by atoms with E-state index in [1.54, 1.807) is 22.7 Å². The molecule has 21 heavy (non-hydrogen) atoms. The summed E-state index contributed by atoms with van der Waals surface area (Å²) in [4.78, 5) is 30.5. The Morgan fingerprint density at radius 2 is 2.24 bits per heavy atom. The van der Waals surface area contributed by atoms with Gasteiger partial charge in [-0.15, -0.1) is 0 Å². The molecule has 0 saturated carbocycles. The van der Waals surface area contributed by atoms with Crippen LogP contribution in [0.3, 0.4) is 0 Å². The molecule has 0 saturated heterocycles. The van der Waals surface area contributed by atoms with Gasteiger partial charge in [0.25, 0.3) is 5.56 Å². The second-order valence-corrected chi connectivity index (χ2v) is 6.35. The Morgan fingerprint density at radius 3 is 3.00 bits per heavy atom. The summed E-state index contributed by atoms with van der Waals surface area (Å²) in [5.41, 5.74) is 2.18. The molecule has 6 nitrogen and oxygen atoms in total. The third-order valence-corrected chi connectivity index (χ3v) is 4.69. The van der Waals surface area contributed by atoms with Gasteiger partial charge in [-0.1, -0.05) is 0 Å². The number of nitrogens with one attached hydrogen (secondary N) is 1. The summed E-state index contributed by atoms with van der Waals surface area (Å²) in [5, 5.41) is 0. The molecule has 0 atom stereocenters. The van der Waals surface area contributed by atoms with Gasteiger partial charge in [-0.2, -0.15) is 11.8 Å². The number of aromatic nitrogens is 4. The van der Waals surface area contributed by atoms with Crippen molar-refractivity contribution in [2.24, 2.45) is 0 Å². The van der Waals surface area contributed by atoms with Gasteiger partial charge >= 0.3 is 5.69 Å². The lowest BCUT2D eigenvalue weighted by Gasteiger charge is -2.19. The van der Waals surface area contributed by atoms with Crippen LogP contribution in [0.4, 0.5) is 0 Å². The van der Waals surface area contributed by atoms with E-state index in [1.807, 2.05) is 17.7 Å². The fraction of sp³-hybridized carbons (Fsp3) is 0.500. The Bertz CT molecular complexity index is 759. The van der Waals surface area contributed by atoms with Gasteiger partial charge in [0.15, 0.2) is 0 Å². The molecule has 0 aromatic carbocycles. The number of fused-ring (bicyclic) bond motifs is 1. The van der Waals surface area contributed by atoms with E-state index in [0.717, 1.165) is 42.1 Å². The van der Waals surface area contributed by atoms with E-state index < -0.39 is 0 Å².